The Hall–Kier alpha value is -0.210. The number of hydrogen-bond donors (Lipinski definition) is 1. The van der Waals surface area contributed by atoms with Gasteiger partial charge in [-0.3, -0.25) is 4.90 Å². The highest BCUT2D eigenvalue weighted by molar-refractivity contribution is 7.86. The van der Waals surface area contributed by atoms with Gasteiger partial charge in [-0.25, -0.2) is 0 Å². The van der Waals surface area contributed by atoms with Crippen LogP contribution in [-0.2, 0) is 10.2 Å². The summed E-state index contributed by atoms with van der Waals surface area (Å²) in [7, 11) is -3.31. The molecule has 20 heavy (non-hydrogen) atoms. The third-order valence-electron chi connectivity index (χ3n) is 4.60. The third-order valence-corrected chi connectivity index (χ3v) is 6.57. The molecule has 2 aliphatic rings. The van der Waals surface area contributed by atoms with Gasteiger partial charge in [0.05, 0.1) is 0 Å². The molecule has 0 aromatic carbocycles. The van der Waals surface area contributed by atoms with Crippen LogP contribution in [0.2, 0.25) is 0 Å². The fourth-order valence-electron chi connectivity index (χ4n) is 3.23. The normalized spacial score (nSPS) is 31.6. The number of nitrogens with zero attached hydrogens (tertiary/aromatic N) is 3. The zero-order valence-electron chi connectivity index (χ0n) is 12.7. The minimum Gasteiger partial charge on any atom is -0.330 e. The van der Waals surface area contributed by atoms with E-state index in [0.717, 1.165) is 25.9 Å². The molecule has 2 saturated heterocycles. The van der Waals surface area contributed by atoms with E-state index in [4.69, 9.17) is 5.73 Å². The molecule has 2 fully saturated rings. The van der Waals surface area contributed by atoms with Gasteiger partial charge in [-0.1, -0.05) is 6.92 Å². The Morgan fingerprint density at radius 1 is 1.15 bits per heavy atom. The van der Waals surface area contributed by atoms with Crippen molar-refractivity contribution in [3.8, 4) is 0 Å². The van der Waals surface area contributed by atoms with Crippen molar-refractivity contribution >= 4 is 10.2 Å². The van der Waals surface area contributed by atoms with E-state index in [-0.39, 0.29) is 0 Å². The summed E-state index contributed by atoms with van der Waals surface area (Å²) >= 11 is 0. The summed E-state index contributed by atoms with van der Waals surface area (Å²) in [6, 6.07) is 0.290. The van der Waals surface area contributed by atoms with Crippen LogP contribution in [0.25, 0.3) is 0 Å². The summed E-state index contributed by atoms with van der Waals surface area (Å²) in [6.07, 6.45) is 1.97. The largest absolute Gasteiger partial charge is 0.330 e. The Morgan fingerprint density at radius 2 is 1.85 bits per heavy atom. The maximum Gasteiger partial charge on any atom is 0.282 e. The van der Waals surface area contributed by atoms with Crippen LogP contribution in [0.3, 0.4) is 0 Å². The van der Waals surface area contributed by atoms with Crippen LogP contribution < -0.4 is 5.73 Å². The Kier molecular flexibility index (Phi) is 5.42. The lowest BCUT2D eigenvalue weighted by atomic mass is 10.0. The van der Waals surface area contributed by atoms with E-state index in [1.807, 2.05) is 0 Å². The molecule has 2 N–H and O–H groups in total. The van der Waals surface area contributed by atoms with Crippen LogP contribution in [0.15, 0.2) is 0 Å². The highest BCUT2D eigenvalue weighted by atomic mass is 32.2. The summed E-state index contributed by atoms with van der Waals surface area (Å²) in [5.74, 6) is 0.313. The van der Waals surface area contributed by atoms with Crippen LogP contribution in [0.4, 0.5) is 0 Å². The van der Waals surface area contributed by atoms with E-state index in [1.165, 1.54) is 0 Å². The van der Waals surface area contributed by atoms with Gasteiger partial charge in [-0.15, -0.1) is 0 Å². The van der Waals surface area contributed by atoms with Crippen molar-refractivity contribution in [3.63, 3.8) is 0 Å². The maximum atomic E-state index is 12.7. The molecule has 2 atom stereocenters. The Bertz CT molecular complexity index is 415. The lowest BCUT2D eigenvalue weighted by Crippen LogP contribution is -2.57. The number of piperazine rings is 1. The minimum absolute atomic E-state index is 0.290. The molecule has 0 saturated carbocycles. The zero-order valence-corrected chi connectivity index (χ0v) is 13.5. The van der Waals surface area contributed by atoms with E-state index in [1.54, 1.807) is 8.61 Å². The Balaban J connectivity index is 2.03. The first-order chi connectivity index (χ1) is 9.48. The molecule has 2 heterocycles. The molecule has 0 aromatic rings. The van der Waals surface area contributed by atoms with E-state index in [2.05, 4.69) is 18.7 Å². The smallest absolute Gasteiger partial charge is 0.282 e. The highest BCUT2D eigenvalue weighted by Crippen LogP contribution is 2.22. The second kappa shape index (κ2) is 6.70. The summed E-state index contributed by atoms with van der Waals surface area (Å²) in [6.45, 7) is 9.03. The predicted molar refractivity (Wildman–Crippen MR) is 80.6 cm³/mol. The first-order valence-electron chi connectivity index (χ1n) is 7.68. The van der Waals surface area contributed by atoms with Gasteiger partial charge in [0.1, 0.15) is 0 Å². The van der Waals surface area contributed by atoms with Gasteiger partial charge in [-0.05, 0) is 38.8 Å². The average Bonchev–Trinajstić information content (AvgIpc) is 2.47. The first kappa shape index (κ1) is 16.2. The van der Waals surface area contributed by atoms with Gasteiger partial charge in [0, 0.05) is 38.8 Å². The van der Waals surface area contributed by atoms with Crippen LogP contribution in [-0.4, -0.2) is 73.8 Å². The number of nitrogens with two attached hydrogens (primary N) is 1. The van der Waals surface area contributed by atoms with E-state index in [0.29, 0.717) is 44.7 Å². The van der Waals surface area contributed by atoms with Gasteiger partial charge in [0.15, 0.2) is 0 Å². The minimum atomic E-state index is -3.31. The van der Waals surface area contributed by atoms with Crippen molar-refractivity contribution in [1.82, 2.24) is 13.5 Å². The molecule has 0 aromatic heterocycles. The molecule has 0 aliphatic carbocycles. The summed E-state index contributed by atoms with van der Waals surface area (Å²) in [5.41, 5.74) is 5.70. The lowest BCUT2D eigenvalue weighted by molar-refractivity contribution is 0.128. The summed E-state index contributed by atoms with van der Waals surface area (Å²) < 4.78 is 28.8. The molecule has 2 rings (SSSR count). The lowest BCUT2D eigenvalue weighted by Gasteiger charge is -2.41. The van der Waals surface area contributed by atoms with Gasteiger partial charge < -0.3 is 5.73 Å². The number of hydrogen-bond acceptors (Lipinski definition) is 4. The van der Waals surface area contributed by atoms with Gasteiger partial charge in [0.25, 0.3) is 10.2 Å². The van der Waals surface area contributed by atoms with E-state index in [9.17, 15) is 8.42 Å². The molecule has 6 nitrogen and oxygen atoms in total. The highest BCUT2D eigenvalue weighted by Gasteiger charge is 2.36. The molecule has 2 unspecified atom stereocenters. The van der Waals surface area contributed by atoms with Gasteiger partial charge in [-0.2, -0.15) is 17.0 Å². The maximum absolute atomic E-state index is 12.7. The molecular formula is C13H28N4O2S. The van der Waals surface area contributed by atoms with Crippen molar-refractivity contribution in [2.75, 3.05) is 45.8 Å². The van der Waals surface area contributed by atoms with Crippen molar-refractivity contribution in [2.24, 2.45) is 11.7 Å². The second-order valence-corrected chi connectivity index (χ2v) is 7.87. The predicted octanol–water partition coefficient (Wildman–Crippen LogP) is -0.0721. The number of rotatable bonds is 4. The molecule has 0 radical (unpaired) electrons. The van der Waals surface area contributed by atoms with Crippen LogP contribution >= 0.6 is 0 Å². The monoisotopic (exact) mass is 304 g/mol. The Morgan fingerprint density at radius 3 is 2.45 bits per heavy atom. The van der Waals surface area contributed by atoms with Crippen molar-refractivity contribution in [1.29, 1.82) is 0 Å². The second-order valence-electron chi connectivity index (χ2n) is 5.95. The molecule has 118 valence electrons. The summed E-state index contributed by atoms with van der Waals surface area (Å²) in [5, 5.41) is 0. The molecule has 0 amide bonds. The molecule has 7 heteroatoms. The van der Waals surface area contributed by atoms with Crippen molar-refractivity contribution < 1.29 is 8.42 Å². The molecular weight excluding hydrogens is 276 g/mol. The quantitative estimate of drug-likeness (QED) is 0.789. The van der Waals surface area contributed by atoms with Gasteiger partial charge in [0.2, 0.25) is 0 Å². The fraction of sp³-hybridized carbons (Fsp3) is 1.00. The fourth-order valence-corrected chi connectivity index (χ4v) is 5.04. The van der Waals surface area contributed by atoms with Crippen LogP contribution in [0.5, 0.6) is 0 Å². The van der Waals surface area contributed by atoms with Gasteiger partial charge >= 0.3 is 0 Å². The number of likely N-dealkylation sites (N-methyl/N-ethyl adjacent to an activating group) is 1. The van der Waals surface area contributed by atoms with Crippen LogP contribution in [0, 0.1) is 5.92 Å². The molecule has 2 aliphatic heterocycles. The first-order valence-corrected chi connectivity index (χ1v) is 9.08. The molecule has 0 spiro atoms. The van der Waals surface area contributed by atoms with E-state index >= 15 is 0 Å². The Labute approximate surface area is 123 Å². The zero-order chi connectivity index (χ0) is 14.8. The van der Waals surface area contributed by atoms with E-state index < -0.39 is 10.2 Å². The number of piperidine rings is 1. The average molecular weight is 304 g/mol. The topological polar surface area (TPSA) is 69.9 Å². The third kappa shape index (κ3) is 3.33. The molecule has 0 bridgehead atoms. The summed E-state index contributed by atoms with van der Waals surface area (Å²) in [4.78, 5) is 2.32. The SMILES string of the molecule is CCN1CCN(S(=O)(=O)N2CCCC(CN)C2)CC1C. The van der Waals surface area contributed by atoms with Crippen molar-refractivity contribution in [3.05, 3.63) is 0 Å². The van der Waals surface area contributed by atoms with Crippen LogP contribution in [0.1, 0.15) is 26.7 Å². The van der Waals surface area contributed by atoms with Crippen molar-refractivity contribution in [2.45, 2.75) is 32.7 Å². The standard InChI is InChI=1S/C13H28N4O2S/c1-3-15-7-8-17(10-12(15)2)20(18,19)16-6-4-5-13(9-14)11-16/h12-13H,3-11,14H2,1-2H3.